The SMILES string of the molecule is COc1ccccc1NC(C)C(=O)c1[nH]c(C)c(C(C)=O)c1C. The average Bonchev–Trinajstić information content (AvgIpc) is 2.81. The normalized spacial score (nSPS) is 11.9. The number of methoxy groups -OCH3 is 1. The summed E-state index contributed by atoms with van der Waals surface area (Å²) in [5.74, 6) is 0.542. The van der Waals surface area contributed by atoms with Gasteiger partial charge in [0, 0.05) is 11.3 Å². The standard InChI is InChI=1S/C18H22N2O3/c1-10-16(13(4)21)11(2)20-17(10)18(22)12(3)19-14-8-6-7-9-15(14)23-5/h6-9,12,19-20H,1-5H3. The van der Waals surface area contributed by atoms with Crippen LogP contribution in [-0.2, 0) is 0 Å². The Morgan fingerprint density at radius 1 is 1.22 bits per heavy atom. The van der Waals surface area contributed by atoms with Crippen molar-refractivity contribution in [1.29, 1.82) is 0 Å². The van der Waals surface area contributed by atoms with E-state index in [4.69, 9.17) is 4.74 Å². The van der Waals surface area contributed by atoms with Gasteiger partial charge in [-0.25, -0.2) is 0 Å². The first kappa shape index (κ1) is 16.8. The number of carbonyl (C=O) groups is 2. The van der Waals surface area contributed by atoms with Crippen LogP contribution in [0.5, 0.6) is 5.75 Å². The molecule has 0 spiro atoms. The zero-order valence-electron chi connectivity index (χ0n) is 14.1. The van der Waals surface area contributed by atoms with E-state index in [0.29, 0.717) is 22.6 Å². The topological polar surface area (TPSA) is 71.2 Å². The molecule has 0 radical (unpaired) electrons. The number of rotatable bonds is 6. The van der Waals surface area contributed by atoms with E-state index in [0.717, 1.165) is 11.4 Å². The second-order valence-corrected chi connectivity index (χ2v) is 5.61. The van der Waals surface area contributed by atoms with E-state index in [9.17, 15) is 9.59 Å². The zero-order chi connectivity index (χ0) is 17.1. The number of ketones is 2. The van der Waals surface area contributed by atoms with Crippen LogP contribution in [0.4, 0.5) is 5.69 Å². The van der Waals surface area contributed by atoms with Crippen molar-refractivity contribution in [3.63, 3.8) is 0 Å². The Morgan fingerprint density at radius 2 is 1.87 bits per heavy atom. The van der Waals surface area contributed by atoms with Crippen molar-refractivity contribution < 1.29 is 14.3 Å². The number of para-hydroxylation sites is 2. The number of ether oxygens (including phenoxy) is 1. The molecule has 0 amide bonds. The molecule has 0 aliphatic carbocycles. The number of nitrogens with one attached hydrogen (secondary N) is 2. The van der Waals surface area contributed by atoms with Crippen LogP contribution < -0.4 is 10.1 Å². The third-order valence-corrected chi connectivity index (χ3v) is 3.91. The molecule has 0 saturated carbocycles. The predicted octanol–water partition coefficient (Wildman–Crippen LogP) is 3.53. The number of aromatic nitrogens is 1. The van der Waals surface area contributed by atoms with Gasteiger partial charge in [-0.3, -0.25) is 9.59 Å². The molecule has 5 heteroatoms. The number of H-pyrrole nitrogens is 1. The van der Waals surface area contributed by atoms with E-state index in [1.54, 1.807) is 27.9 Å². The lowest BCUT2D eigenvalue weighted by Crippen LogP contribution is -2.27. The Balaban J connectivity index is 2.27. The Bertz CT molecular complexity index is 747. The molecule has 0 aliphatic heterocycles. The summed E-state index contributed by atoms with van der Waals surface area (Å²) in [7, 11) is 1.59. The molecule has 0 aliphatic rings. The van der Waals surface area contributed by atoms with Crippen LogP contribution in [0.1, 0.15) is 46.0 Å². The summed E-state index contributed by atoms with van der Waals surface area (Å²) in [6, 6.07) is 6.98. The number of hydrogen-bond acceptors (Lipinski definition) is 4. The van der Waals surface area contributed by atoms with Crippen LogP contribution in [0, 0.1) is 13.8 Å². The first-order valence-corrected chi connectivity index (χ1v) is 7.50. The van der Waals surface area contributed by atoms with E-state index in [1.165, 1.54) is 6.92 Å². The summed E-state index contributed by atoms with van der Waals surface area (Å²) in [5.41, 5.74) is 3.25. The van der Waals surface area contributed by atoms with Crippen molar-refractivity contribution in [2.75, 3.05) is 12.4 Å². The molecule has 0 bridgehead atoms. The molecule has 2 N–H and O–H groups in total. The molecule has 2 rings (SSSR count). The average molecular weight is 314 g/mol. The zero-order valence-corrected chi connectivity index (χ0v) is 14.1. The van der Waals surface area contributed by atoms with Crippen LogP contribution in [0.25, 0.3) is 0 Å². The van der Waals surface area contributed by atoms with Crippen LogP contribution in [0.2, 0.25) is 0 Å². The molecule has 0 fully saturated rings. The highest BCUT2D eigenvalue weighted by Crippen LogP contribution is 2.25. The Hall–Kier alpha value is -2.56. The molecule has 1 atom stereocenters. The van der Waals surface area contributed by atoms with E-state index in [1.807, 2.05) is 24.3 Å². The molecule has 23 heavy (non-hydrogen) atoms. The van der Waals surface area contributed by atoms with Gasteiger partial charge < -0.3 is 15.0 Å². The monoisotopic (exact) mass is 314 g/mol. The van der Waals surface area contributed by atoms with Gasteiger partial charge in [0.2, 0.25) is 5.78 Å². The number of carbonyl (C=O) groups excluding carboxylic acids is 2. The molecule has 1 unspecified atom stereocenters. The largest absolute Gasteiger partial charge is 0.495 e. The fraction of sp³-hybridized carbons (Fsp3) is 0.333. The van der Waals surface area contributed by atoms with Gasteiger partial charge in [-0.1, -0.05) is 12.1 Å². The summed E-state index contributed by atoms with van der Waals surface area (Å²) in [4.78, 5) is 27.5. The second-order valence-electron chi connectivity index (χ2n) is 5.61. The van der Waals surface area contributed by atoms with E-state index < -0.39 is 6.04 Å². The number of hydrogen-bond donors (Lipinski definition) is 2. The van der Waals surface area contributed by atoms with Gasteiger partial charge in [0.1, 0.15) is 5.75 Å². The van der Waals surface area contributed by atoms with Gasteiger partial charge in [-0.15, -0.1) is 0 Å². The molecule has 1 heterocycles. The van der Waals surface area contributed by atoms with Crippen molar-refractivity contribution in [1.82, 2.24) is 4.98 Å². The van der Waals surface area contributed by atoms with Crippen molar-refractivity contribution in [2.24, 2.45) is 0 Å². The number of aromatic amines is 1. The first-order chi connectivity index (χ1) is 10.9. The third kappa shape index (κ3) is 3.28. The van der Waals surface area contributed by atoms with Gasteiger partial charge in [0.15, 0.2) is 5.78 Å². The quantitative estimate of drug-likeness (QED) is 0.800. The minimum absolute atomic E-state index is 0.0411. The molecule has 1 aromatic carbocycles. The lowest BCUT2D eigenvalue weighted by atomic mass is 10.0. The van der Waals surface area contributed by atoms with Crippen molar-refractivity contribution in [3.05, 3.63) is 46.8 Å². The fourth-order valence-corrected chi connectivity index (χ4v) is 2.80. The highest BCUT2D eigenvalue weighted by Gasteiger charge is 2.24. The maximum atomic E-state index is 12.7. The maximum Gasteiger partial charge on any atom is 0.201 e. The number of Topliss-reactive ketones (excluding diaryl/α,β-unsaturated/α-hetero) is 2. The van der Waals surface area contributed by atoms with Gasteiger partial charge in [0.25, 0.3) is 0 Å². The lowest BCUT2D eigenvalue weighted by molar-refractivity contribution is 0.0970. The van der Waals surface area contributed by atoms with E-state index in [-0.39, 0.29) is 11.6 Å². The lowest BCUT2D eigenvalue weighted by Gasteiger charge is -2.16. The van der Waals surface area contributed by atoms with Crippen molar-refractivity contribution in [3.8, 4) is 5.75 Å². The minimum atomic E-state index is -0.456. The Labute approximate surface area is 136 Å². The van der Waals surface area contributed by atoms with Crippen LogP contribution >= 0.6 is 0 Å². The smallest absolute Gasteiger partial charge is 0.201 e. The highest BCUT2D eigenvalue weighted by molar-refractivity contribution is 6.05. The van der Waals surface area contributed by atoms with Crippen molar-refractivity contribution >= 4 is 17.3 Å². The van der Waals surface area contributed by atoms with Crippen molar-refractivity contribution in [2.45, 2.75) is 33.7 Å². The number of benzene rings is 1. The minimum Gasteiger partial charge on any atom is -0.495 e. The Kier molecular flexibility index (Phi) is 4.89. The summed E-state index contributed by atoms with van der Waals surface area (Å²) in [6.07, 6.45) is 0. The van der Waals surface area contributed by atoms with Crippen LogP contribution in [0.3, 0.4) is 0 Å². The molecule has 2 aromatic rings. The van der Waals surface area contributed by atoms with E-state index in [2.05, 4.69) is 10.3 Å². The molecule has 122 valence electrons. The van der Waals surface area contributed by atoms with Crippen LogP contribution in [0.15, 0.2) is 24.3 Å². The summed E-state index contributed by atoms with van der Waals surface area (Å²) in [6.45, 7) is 6.90. The molecular formula is C18H22N2O3. The fourth-order valence-electron chi connectivity index (χ4n) is 2.80. The van der Waals surface area contributed by atoms with Crippen LogP contribution in [-0.4, -0.2) is 29.7 Å². The van der Waals surface area contributed by atoms with Gasteiger partial charge in [-0.2, -0.15) is 0 Å². The number of anilines is 1. The maximum absolute atomic E-state index is 12.7. The predicted molar refractivity (Wildman–Crippen MR) is 90.7 cm³/mol. The molecule has 0 saturated heterocycles. The highest BCUT2D eigenvalue weighted by atomic mass is 16.5. The van der Waals surface area contributed by atoms with E-state index >= 15 is 0 Å². The number of aryl methyl sites for hydroxylation is 1. The van der Waals surface area contributed by atoms with Gasteiger partial charge >= 0.3 is 0 Å². The Morgan fingerprint density at radius 3 is 2.43 bits per heavy atom. The summed E-state index contributed by atoms with van der Waals surface area (Å²) >= 11 is 0. The van der Waals surface area contributed by atoms with Gasteiger partial charge in [0.05, 0.1) is 24.5 Å². The molecule has 5 nitrogen and oxygen atoms in total. The third-order valence-electron chi connectivity index (χ3n) is 3.91. The van der Waals surface area contributed by atoms with Gasteiger partial charge in [-0.05, 0) is 45.4 Å². The summed E-state index contributed by atoms with van der Waals surface area (Å²) < 4.78 is 5.28. The molecular weight excluding hydrogens is 292 g/mol. The first-order valence-electron chi connectivity index (χ1n) is 7.50. The summed E-state index contributed by atoms with van der Waals surface area (Å²) in [5, 5.41) is 3.17. The second kappa shape index (κ2) is 6.69. The molecule has 1 aromatic heterocycles.